The molecule has 1 aliphatic heterocycles. The molecule has 0 saturated carbocycles. The third-order valence-corrected chi connectivity index (χ3v) is 5.96. The fourth-order valence-corrected chi connectivity index (χ4v) is 4.01. The van der Waals surface area contributed by atoms with Gasteiger partial charge in [0, 0.05) is 6.07 Å². The van der Waals surface area contributed by atoms with Crippen molar-refractivity contribution in [2.45, 2.75) is 25.4 Å². The molecule has 0 spiro atoms. The summed E-state index contributed by atoms with van der Waals surface area (Å²) in [4.78, 5) is 8.48. The van der Waals surface area contributed by atoms with E-state index in [0.29, 0.717) is 17.6 Å². The second-order valence-corrected chi connectivity index (χ2v) is 8.03. The van der Waals surface area contributed by atoms with Crippen LogP contribution in [0.4, 0.5) is 20.4 Å². The third-order valence-electron chi connectivity index (χ3n) is 5.96. The summed E-state index contributed by atoms with van der Waals surface area (Å²) in [6.45, 7) is 1.63. The molecule has 1 fully saturated rings. The number of halogens is 2. The molecule has 1 aromatic heterocycles. The first-order valence-electron chi connectivity index (χ1n) is 11.2. The molecular formula is C25H28F2N4O4. The van der Waals surface area contributed by atoms with Gasteiger partial charge in [0.05, 0.1) is 45.0 Å². The van der Waals surface area contributed by atoms with Gasteiger partial charge in [-0.15, -0.1) is 0 Å². The second-order valence-electron chi connectivity index (χ2n) is 8.03. The Bertz CT molecular complexity index is 1130. The summed E-state index contributed by atoms with van der Waals surface area (Å²) in [5.74, 6) is -0.227. The fraction of sp³-hybridized carbons (Fsp3) is 0.360. The Labute approximate surface area is 202 Å². The number of piperidine rings is 1. The van der Waals surface area contributed by atoms with Crippen LogP contribution in [0.25, 0.3) is 0 Å². The molecule has 0 aliphatic carbocycles. The average molecular weight is 487 g/mol. The molecule has 2 aromatic carbocycles. The number of hydrogen-bond donors (Lipinski definition) is 2. The van der Waals surface area contributed by atoms with Gasteiger partial charge >= 0.3 is 0 Å². The van der Waals surface area contributed by atoms with Crippen LogP contribution in [0.3, 0.4) is 0 Å². The van der Waals surface area contributed by atoms with Crippen LogP contribution in [-0.4, -0.2) is 44.4 Å². The lowest BCUT2D eigenvalue weighted by molar-refractivity contribution is 0.280. The SMILES string of the molecule is COc1cc(C2CCNCC2)ccc1Nc1ncc(OCc2c(F)c(OC)cc(OC)c2F)cn1. The van der Waals surface area contributed by atoms with Crippen LogP contribution in [0.1, 0.15) is 29.9 Å². The number of nitrogens with zero attached hydrogens (tertiary/aromatic N) is 2. The van der Waals surface area contributed by atoms with Crippen molar-refractivity contribution >= 4 is 11.6 Å². The van der Waals surface area contributed by atoms with E-state index in [4.69, 9.17) is 18.9 Å². The number of ether oxygens (including phenoxy) is 4. The van der Waals surface area contributed by atoms with E-state index in [1.165, 1.54) is 32.2 Å². The fourth-order valence-electron chi connectivity index (χ4n) is 4.01. The summed E-state index contributed by atoms with van der Waals surface area (Å²) < 4.78 is 50.0. The van der Waals surface area contributed by atoms with Gasteiger partial charge in [0.1, 0.15) is 12.4 Å². The minimum absolute atomic E-state index is 0.141. The molecule has 0 unspecified atom stereocenters. The Morgan fingerprint density at radius 1 is 0.914 bits per heavy atom. The van der Waals surface area contributed by atoms with E-state index in [-0.39, 0.29) is 22.8 Å². The molecule has 186 valence electrons. The lowest BCUT2D eigenvalue weighted by atomic mass is 9.90. The molecule has 1 aliphatic rings. The maximum atomic E-state index is 14.5. The molecule has 35 heavy (non-hydrogen) atoms. The molecule has 4 rings (SSSR count). The van der Waals surface area contributed by atoms with E-state index in [1.807, 2.05) is 12.1 Å². The first kappa shape index (κ1) is 24.5. The number of hydrogen-bond acceptors (Lipinski definition) is 8. The Morgan fingerprint density at radius 3 is 2.14 bits per heavy atom. The van der Waals surface area contributed by atoms with Crippen LogP contribution in [0.2, 0.25) is 0 Å². The largest absolute Gasteiger partial charge is 0.495 e. The van der Waals surface area contributed by atoms with E-state index in [2.05, 4.69) is 26.7 Å². The second kappa shape index (κ2) is 11.2. The van der Waals surface area contributed by atoms with E-state index in [9.17, 15) is 8.78 Å². The smallest absolute Gasteiger partial charge is 0.227 e. The zero-order chi connectivity index (χ0) is 24.8. The van der Waals surface area contributed by atoms with Gasteiger partial charge < -0.3 is 29.6 Å². The van der Waals surface area contributed by atoms with Crippen molar-refractivity contribution in [1.82, 2.24) is 15.3 Å². The van der Waals surface area contributed by atoms with Crippen molar-refractivity contribution in [2.75, 3.05) is 39.7 Å². The Hall–Kier alpha value is -3.66. The monoisotopic (exact) mass is 486 g/mol. The zero-order valence-electron chi connectivity index (χ0n) is 19.9. The van der Waals surface area contributed by atoms with Gasteiger partial charge in [-0.1, -0.05) is 6.07 Å². The van der Waals surface area contributed by atoms with Crippen LogP contribution >= 0.6 is 0 Å². The minimum atomic E-state index is -0.856. The van der Waals surface area contributed by atoms with Crippen molar-refractivity contribution in [3.05, 3.63) is 59.4 Å². The lowest BCUT2D eigenvalue weighted by Crippen LogP contribution is -2.26. The number of benzene rings is 2. The standard InChI is InChI=1S/C25H28F2N4O4/c1-32-20-10-16(15-6-8-28-9-7-15)4-5-19(20)31-25-29-12-17(13-30-25)35-14-18-23(26)21(33-2)11-22(34-3)24(18)27/h4-5,10-13,15,28H,6-9,14H2,1-3H3,(H,29,30,31). The Balaban J connectivity index is 1.44. The molecule has 2 N–H and O–H groups in total. The highest BCUT2D eigenvalue weighted by Crippen LogP contribution is 2.34. The molecule has 0 amide bonds. The summed E-state index contributed by atoms with van der Waals surface area (Å²) in [6, 6.07) is 7.22. The first-order valence-corrected chi connectivity index (χ1v) is 11.2. The highest BCUT2D eigenvalue weighted by Gasteiger charge is 2.21. The Kier molecular flexibility index (Phi) is 7.81. The average Bonchev–Trinajstić information content (AvgIpc) is 2.90. The zero-order valence-corrected chi connectivity index (χ0v) is 19.9. The molecule has 0 radical (unpaired) electrons. The topological polar surface area (TPSA) is 86.8 Å². The maximum absolute atomic E-state index is 14.5. The van der Waals surface area contributed by atoms with Crippen LogP contribution in [0, 0.1) is 11.6 Å². The molecule has 2 heterocycles. The summed E-state index contributed by atoms with van der Waals surface area (Å²) in [7, 11) is 4.20. The Morgan fingerprint density at radius 2 is 1.54 bits per heavy atom. The number of methoxy groups -OCH3 is 3. The van der Waals surface area contributed by atoms with Gasteiger partial charge in [-0.3, -0.25) is 0 Å². The summed E-state index contributed by atoms with van der Waals surface area (Å²) in [6.07, 6.45) is 5.02. The van der Waals surface area contributed by atoms with Gasteiger partial charge in [0.15, 0.2) is 28.9 Å². The molecule has 3 aromatic rings. The lowest BCUT2D eigenvalue weighted by Gasteiger charge is -2.24. The van der Waals surface area contributed by atoms with Crippen molar-refractivity contribution in [1.29, 1.82) is 0 Å². The van der Waals surface area contributed by atoms with E-state index in [0.717, 1.165) is 37.7 Å². The van der Waals surface area contributed by atoms with Crippen molar-refractivity contribution in [3.8, 4) is 23.0 Å². The highest BCUT2D eigenvalue weighted by atomic mass is 19.1. The van der Waals surface area contributed by atoms with Gasteiger partial charge in [-0.2, -0.15) is 0 Å². The van der Waals surface area contributed by atoms with Crippen LogP contribution < -0.4 is 29.6 Å². The van der Waals surface area contributed by atoms with Crippen LogP contribution in [0.15, 0.2) is 36.7 Å². The first-order chi connectivity index (χ1) is 17.0. The summed E-state index contributed by atoms with van der Waals surface area (Å²) in [5, 5.41) is 6.51. The van der Waals surface area contributed by atoms with Crippen LogP contribution in [0.5, 0.6) is 23.0 Å². The quantitative estimate of drug-likeness (QED) is 0.455. The van der Waals surface area contributed by atoms with E-state index >= 15 is 0 Å². The minimum Gasteiger partial charge on any atom is -0.495 e. The van der Waals surface area contributed by atoms with Gasteiger partial charge in [0.2, 0.25) is 5.95 Å². The predicted octanol–water partition coefficient (Wildman–Crippen LogP) is 4.57. The van der Waals surface area contributed by atoms with E-state index < -0.39 is 18.2 Å². The van der Waals surface area contributed by atoms with Crippen molar-refractivity contribution in [2.24, 2.45) is 0 Å². The summed E-state index contributed by atoms with van der Waals surface area (Å²) in [5.41, 5.74) is 1.65. The number of anilines is 2. The van der Waals surface area contributed by atoms with Crippen LogP contribution in [-0.2, 0) is 6.61 Å². The normalized spacial score (nSPS) is 13.9. The van der Waals surface area contributed by atoms with Gasteiger partial charge in [0.25, 0.3) is 0 Å². The van der Waals surface area contributed by atoms with Gasteiger partial charge in [-0.25, -0.2) is 18.7 Å². The van der Waals surface area contributed by atoms with Gasteiger partial charge in [-0.05, 0) is 49.5 Å². The molecule has 1 saturated heterocycles. The number of aromatic nitrogens is 2. The van der Waals surface area contributed by atoms with E-state index in [1.54, 1.807) is 7.11 Å². The van der Waals surface area contributed by atoms with Crippen molar-refractivity contribution in [3.63, 3.8) is 0 Å². The molecule has 10 heteroatoms. The molecule has 0 bridgehead atoms. The van der Waals surface area contributed by atoms with Crippen molar-refractivity contribution < 1.29 is 27.7 Å². The molecular weight excluding hydrogens is 458 g/mol. The predicted molar refractivity (Wildman–Crippen MR) is 127 cm³/mol. The number of rotatable bonds is 9. The highest BCUT2D eigenvalue weighted by molar-refractivity contribution is 5.63. The third kappa shape index (κ3) is 5.54. The summed E-state index contributed by atoms with van der Waals surface area (Å²) >= 11 is 0. The maximum Gasteiger partial charge on any atom is 0.227 e. The molecule has 0 atom stereocenters. The number of nitrogens with one attached hydrogen (secondary N) is 2. The molecule has 8 nitrogen and oxygen atoms in total.